The molecule has 0 aliphatic rings. The Morgan fingerprint density at radius 1 is 1.45 bits per heavy atom. The van der Waals surface area contributed by atoms with Crippen molar-refractivity contribution < 1.29 is 9.90 Å². The predicted octanol–water partition coefficient (Wildman–Crippen LogP) is 1.30. The normalized spacial score (nSPS) is 10.8. The van der Waals surface area contributed by atoms with Crippen LogP contribution in [0.3, 0.4) is 0 Å². The summed E-state index contributed by atoms with van der Waals surface area (Å²) < 4.78 is 3.87. The van der Waals surface area contributed by atoms with Gasteiger partial charge in [0.15, 0.2) is 5.16 Å². The highest BCUT2D eigenvalue weighted by Crippen LogP contribution is 2.19. The van der Waals surface area contributed by atoms with Gasteiger partial charge in [-0.05, 0) is 12.8 Å². The molecule has 0 unspecified atom stereocenters. The van der Waals surface area contributed by atoms with Gasteiger partial charge in [0.05, 0.1) is 11.9 Å². The second kappa shape index (κ2) is 7.09. The van der Waals surface area contributed by atoms with Gasteiger partial charge in [-0.15, -0.1) is 5.10 Å². The van der Waals surface area contributed by atoms with Crippen LogP contribution < -0.4 is 0 Å². The van der Waals surface area contributed by atoms with E-state index in [9.17, 15) is 4.79 Å². The van der Waals surface area contributed by atoms with Crippen molar-refractivity contribution in [1.29, 1.82) is 0 Å². The summed E-state index contributed by atoms with van der Waals surface area (Å²) in [7, 11) is 0. The summed E-state index contributed by atoms with van der Waals surface area (Å²) in [5.41, 5.74) is 1.12. The van der Waals surface area contributed by atoms with Gasteiger partial charge in [0.2, 0.25) is 0 Å². The lowest BCUT2D eigenvalue weighted by molar-refractivity contribution is -0.133. The van der Waals surface area contributed by atoms with E-state index in [4.69, 9.17) is 5.11 Å². The van der Waals surface area contributed by atoms with Gasteiger partial charge in [-0.1, -0.05) is 23.9 Å². The Morgan fingerprint density at radius 3 is 2.95 bits per heavy atom. The Kier molecular flexibility index (Phi) is 5.16. The molecule has 108 valence electrons. The zero-order valence-corrected chi connectivity index (χ0v) is 12.1. The van der Waals surface area contributed by atoms with Gasteiger partial charge in [-0.2, -0.15) is 0 Å². The highest BCUT2D eigenvalue weighted by atomic mass is 32.2. The van der Waals surface area contributed by atoms with Crippen molar-refractivity contribution in [3.05, 3.63) is 24.3 Å². The molecule has 2 rings (SSSR count). The zero-order valence-electron chi connectivity index (χ0n) is 11.3. The SMILES string of the molecule is CCc1cnc(SCC(=O)O)n1CCCn1ccnn1. The first-order valence-corrected chi connectivity index (χ1v) is 7.42. The first-order chi connectivity index (χ1) is 9.70. The monoisotopic (exact) mass is 295 g/mol. The fraction of sp³-hybridized carbons (Fsp3) is 0.500. The van der Waals surface area contributed by atoms with E-state index >= 15 is 0 Å². The van der Waals surface area contributed by atoms with Crippen LogP contribution in [0.5, 0.6) is 0 Å². The highest BCUT2D eigenvalue weighted by molar-refractivity contribution is 7.99. The van der Waals surface area contributed by atoms with Crippen molar-refractivity contribution in [1.82, 2.24) is 24.5 Å². The molecule has 20 heavy (non-hydrogen) atoms. The fourth-order valence-electron chi connectivity index (χ4n) is 1.90. The first kappa shape index (κ1) is 14.6. The summed E-state index contributed by atoms with van der Waals surface area (Å²) >= 11 is 1.26. The van der Waals surface area contributed by atoms with E-state index in [0.29, 0.717) is 0 Å². The number of carboxylic acids is 1. The topological polar surface area (TPSA) is 85.8 Å². The number of rotatable bonds is 8. The first-order valence-electron chi connectivity index (χ1n) is 6.43. The maximum atomic E-state index is 10.7. The van der Waals surface area contributed by atoms with Crippen molar-refractivity contribution in [3.8, 4) is 0 Å². The zero-order chi connectivity index (χ0) is 14.4. The molecule has 2 aromatic rings. The summed E-state index contributed by atoms with van der Waals surface area (Å²) in [4.78, 5) is 15.0. The molecule has 0 radical (unpaired) electrons. The van der Waals surface area contributed by atoms with Crippen molar-refractivity contribution in [2.45, 2.75) is 38.0 Å². The number of carboxylic acid groups (broad SMARTS) is 1. The standard InChI is InChI=1S/C12H17N5O2S/c1-2-10-8-13-12(20-9-11(18)19)17(10)6-3-5-16-7-4-14-15-16/h4,7-8H,2-3,5-6,9H2,1H3,(H,18,19). The third-order valence-electron chi connectivity index (χ3n) is 2.83. The fourth-order valence-corrected chi connectivity index (χ4v) is 2.64. The van der Waals surface area contributed by atoms with E-state index in [0.717, 1.165) is 36.8 Å². The summed E-state index contributed by atoms with van der Waals surface area (Å²) in [5.74, 6) is -0.798. The second-order valence-corrected chi connectivity index (χ2v) is 5.18. The number of hydrogen-bond acceptors (Lipinski definition) is 5. The molecule has 0 atom stereocenters. The molecule has 0 spiro atoms. The lowest BCUT2D eigenvalue weighted by atomic mass is 10.3. The Bertz CT molecular complexity index is 552. The molecule has 0 saturated heterocycles. The number of nitrogens with zero attached hydrogens (tertiary/aromatic N) is 5. The van der Waals surface area contributed by atoms with Crippen molar-refractivity contribution >= 4 is 17.7 Å². The van der Waals surface area contributed by atoms with Crippen LogP contribution in [0.25, 0.3) is 0 Å². The quantitative estimate of drug-likeness (QED) is 0.739. The molecular formula is C12H17N5O2S. The molecule has 0 bridgehead atoms. The van der Waals surface area contributed by atoms with Crippen molar-refractivity contribution in [2.24, 2.45) is 0 Å². The predicted molar refractivity (Wildman–Crippen MR) is 74.6 cm³/mol. The van der Waals surface area contributed by atoms with E-state index in [1.165, 1.54) is 11.8 Å². The lowest BCUT2D eigenvalue weighted by Crippen LogP contribution is -2.09. The van der Waals surface area contributed by atoms with Crippen LogP contribution in [0.2, 0.25) is 0 Å². The maximum absolute atomic E-state index is 10.7. The van der Waals surface area contributed by atoms with E-state index in [1.807, 2.05) is 12.4 Å². The third-order valence-corrected chi connectivity index (χ3v) is 3.80. The molecule has 0 fully saturated rings. The van der Waals surface area contributed by atoms with Crippen LogP contribution >= 0.6 is 11.8 Å². The molecular weight excluding hydrogens is 278 g/mol. The van der Waals surface area contributed by atoms with Crippen LogP contribution in [0.4, 0.5) is 0 Å². The molecule has 0 saturated carbocycles. The molecule has 0 aromatic carbocycles. The Morgan fingerprint density at radius 2 is 2.30 bits per heavy atom. The van der Waals surface area contributed by atoms with Crippen LogP contribution in [0, 0.1) is 0 Å². The lowest BCUT2D eigenvalue weighted by Gasteiger charge is -2.10. The van der Waals surface area contributed by atoms with Crippen LogP contribution in [-0.2, 0) is 24.3 Å². The van der Waals surface area contributed by atoms with E-state index in [2.05, 4.69) is 26.8 Å². The summed E-state index contributed by atoms with van der Waals surface area (Å²) in [5, 5.41) is 17.2. The third kappa shape index (κ3) is 3.83. The number of aliphatic carboxylic acids is 1. The average molecular weight is 295 g/mol. The van der Waals surface area contributed by atoms with Gasteiger partial charge in [0, 0.05) is 31.2 Å². The average Bonchev–Trinajstić information content (AvgIpc) is 3.06. The molecule has 2 aromatic heterocycles. The number of carbonyl (C=O) groups is 1. The summed E-state index contributed by atoms with van der Waals surface area (Å²) in [6.45, 7) is 3.64. The largest absolute Gasteiger partial charge is 0.481 e. The van der Waals surface area contributed by atoms with E-state index in [-0.39, 0.29) is 5.75 Å². The van der Waals surface area contributed by atoms with Gasteiger partial charge in [-0.25, -0.2) is 4.98 Å². The van der Waals surface area contributed by atoms with E-state index in [1.54, 1.807) is 10.9 Å². The minimum Gasteiger partial charge on any atom is -0.481 e. The number of thioether (sulfide) groups is 1. The Labute approximate surface area is 121 Å². The molecule has 8 heteroatoms. The van der Waals surface area contributed by atoms with Crippen LogP contribution in [0.15, 0.2) is 23.7 Å². The minimum atomic E-state index is -0.829. The van der Waals surface area contributed by atoms with Crippen molar-refractivity contribution in [3.63, 3.8) is 0 Å². The van der Waals surface area contributed by atoms with Gasteiger partial charge in [-0.3, -0.25) is 9.48 Å². The summed E-state index contributed by atoms with van der Waals surface area (Å²) in [6, 6.07) is 0. The van der Waals surface area contributed by atoms with Gasteiger partial charge >= 0.3 is 5.97 Å². The van der Waals surface area contributed by atoms with Gasteiger partial charge < -0.3 is 9.67 Å². The maximum Gasteiger partial charge on any atom is 0.313 e. The Balaban J connectivity index is 1.96. The van der Waals surface area contributed by atoms with Crippen LogP contribution in [0.1, 0.15) is 19.0 Å². The highest BCUT2D eigenvalue weighted by Gasteiger charge is 2.10. The number of hydrogen-bond donors (Lipinski definition) is 1. The molecule has 0 aliphatic heterocycles. The van der Waals surface area contributed by atoms with Crippen LogP contribution in [-0.4, -0.2) is 41.4 Å². The molecule has 0 aliphatic carbocycles. The Hall–Kier alpha value is -1.83. The number of aromatic nitrogens is 5. The molecule has 2 heterocycles. The van der Waals surface area contributed by atoms with Crippen molar-refractivity contribution in [2.75, 3.05) is 5.75 Å². The van der Waals surface area contributed by atoms with Gasteiger partial charge in [0.25, 0.3) is 0 Å². The van der Waals surface area contributed by atoms with Gasteiger partial charge in [0.1, 0.15) is 0 Å². The molecule has 1 N–H and O–H groups in total. The number of imidazole rings is 1. The smallest absolute Gasteiger partial charge is 0.313 e. The van der Waals surface area contributed by atoms with E-state index < -0.39 is 5.97 Å². The summed E-state index contributed by atoms with van der Waals surface area (Å²) in [6.07, 6.45) is 7.08. The molecule has 0 amide bonds. The second-order valence-electron chi connectivity index (χ2n) is 4.24. The number of aryl methyl sites for hydroxylation is 2. The minimum absolute atomic E-state index is 0.0310. The molecule has 7 nitrogen and oxygen atoms in total.